The van der Waals surface area contributed by atoms with Crippen molar-refractivity contribution in [2.45, 2.75) is 19.9 Å². The molecule has 0 amide bonds. The minimum absolute atomic E-state index is 0.199. The Bertz CT molecular complexity index is 512. The molecule has 74 valence electrons. The Morgan fingerprint density at radius 3 is 2.57 bits per heavy atom. The van der Waals surface area contributed by atoms with Crippen LogP contribution in [0, 0.1) is 0 Å². The monoisotopic (exact) mass is 194 g/mol. The van der Waals surface area contributed by atoms with Gasteiger partial charge in [-0.15, -0.1) is 4.79 Å². The van der Waals surface area contributed by atoms with E-state index in [-0.39, 0.29) is 4.79 Å². The van der Waals surface area contributed by atoms with Crippen LogP contribution < -0.4 is 5.69 Å². The average Bonchev–Trinajstić information content (AvgIpc) is 2.45. The largest absolute Gasteiger partial charge is 0.357 e. The van der Waals surface area contributed by atoms with Crippen LogP contribution in [0.2, 0.25) is 0 Å². The number of nitrogens with zero attached hydrogens (tertiary/aromatic N) is 2. The number of para-hydroxylation sites is 2. The second-order valence-corrected chi connectivity index (χ2v) is 3.20. The number of fused-ring (bicyclic) bond motifs is 1. The van der Waals surface area contributed by atoms with Crippen molar-refractivity contribution in [2.24, 2.45) is 0 Å². The predicted octanol–water partition coefficient (Wildman–Crippen LogP) is 1.95. The molecule has 3 nitrogen and oxygen atoms in total. The van der Waals surface area contributed by atoms with Gasteiger partial charge in [0.1, 0.15) is 5.52 Å². The summed E-state index contributed by atoms with van der Waals surface area (Å²) in [6.45, 7) is 2.51. The van der Waals surface area contributed by atoms with E-state index < -0.39 is 5.69 Å². The summed E-state index contributed by atoms with van der Waals surface area (Å²) >= 11 is 0. The third-order valence-corrected chi connectivity index (χ3v) is 2.23. The highest BCUT2D eigenvalue weighted by Gasteiger charge is 2.10. The summed E-state index contributed by atoms with van der Waals surface area (Å²) in [6.07, 6.45) is 0.813. The summed E-state index contributed by atoms with van der Waals surface area (Å²) in [5.41, 5.74) is 0.404. The molecule has 0 fully saturated rings. The summed E-state index contributed by atoms with van der Waals surface area (Å²) in [7, 11) is 0. The molecule has 0 radical (unpaired) electrons. The predicted molar refractivity (Wildman–Crippen MR) is 53.0 cm³/mol. The first kappa shape index (κ1) is 8.99. The zero-order valence-electron chi connectivity index (χ0n) is 7.90. The van der Waals surface area contributed by atoms with Crippen LogP contribution >= 0.6 is 0 Å². The Labute approximate surface area is 80.3 Å². The summed E-state index contributed by atoms with van der Waals surface area (Å²) in [4.78, 5) is 11.6. The van der Waals surface area contributed by atoms with Crippen LogP contribution in [0.1, 0.15) is 13.3 Å². The molecular formula is C10H11FN2O. The third kappa shape index (κ3) is 1.14. The Morgan fingerprint density at radius 1 is 1.29 bits per heavy atom. The van der Waals surface area contributed by atoms with E-state index in [0.717, 1.165) is 6.42 Å². The first-order valence-electron chi connectivity index (χ1n) is 4.62. The maximum Gasteiger partial charge on any atom is 0.357 e. The molecule has 0 spiro atoms. The van der Waals surface area contributed by atoms with Gasteiger partial charge in [0.25, 0.3) is 0 Å². The van der Waals surface area contributed by atoms with Crippen molar-refractivity contribution in [3.8, 4) is 0 Å². The van der Waals surface area contributed by atoms with E-state index in [4.69, 9.17) is 0 Å². The molecule has 1 aromatic carbocycles. The van der Waals surface area contributed by atoms with E-state index in [1.807, 2.05) is 6.92 Å². The summed E-state index contributed by atoms with van der Waals surface area (Å²) in [5, 5.41) is 0. The summed E-state index contributed by atoms with van der Waals surface area (Å²) in [5.74, 6) is 0. The number of hydrogen-bond acceptors (Lipinski definition) is 1. The lowest BCUT2D eigenvalue weighted by Gasteiger charge is -1.97. The molecule has 2 aromatic rings. The van der Waals surface area contributed by atoms with Gasteiger partial charge < -0.3 is 0 Å². The van der Waals surface area contributed by atoms with E-state index >= 15 is 0 Å². The van der Waals surface area contributed by atoms with Gasteiger partial charge in [0.2, 0.25) is 0 Å². The van der Waals surface area contributed by atoms with Gasteiger partial charge in [-0.25, -0.2) is 4.79 Å². The lowest BCUT2D eigenvalue weighted by atomic mass is 10.3. The van der Waals surface area contributed by atoms with E-state index in [9.17, 15) is 9.28 Å². The maximum absolute atomic E-state index is 13.3. The van der Waals surface area contributed by atoms with Crippen LogP contribution in [-0.2, 0) is 6.54 Å². The van der Waals surface area contributed by atoms with Crippen LogP contribution in [0.5, 0.6) is 0 Å². The van der Waals surface area contributed by atoms with Crippen LogP contribution in [0.4, 0.5) is 4.48 Å². The molecule has 0 bridgehead atoms. The van der Waals surface area contributed by atoms with Crippen molar-refractivity contribution < 1.29 is 4.48 Å². The Hall–Kier alpha value is -1.58. The van der Waals surface area contributed by atoms with Crippen molar-refractivity contribution in [3.05, 3.63) is 34.7 Å². The van der Waals surface area contributed by atoms with Crippen LogP contribution in [0.15, 0.2) is 29.1 Å². The fourth-order valence-electron chi connectivity index (χ4n) is 1.61. The molecule has 2 rings (SSSR count). The standard InChI is InChI=1S/C10H11FN2O/c1-2-7-12-8-5-3-4-6-9(8)13(11)10(12)14/h3-6H,2,7H2,1H3. The van der Waals surface area contributed by atoms with Crippen molar-refractivity contribution >= 4 is 11.0 Å². The number of rotatable bonds is 2. The minimum Gasteiger partial charge on any atom is -0.290 e. The van der Waals surface area contributed by atoms with Crippen LogP contribution in [0.25, 0.3) is 11.0 Å². The Balaban J connectivity index is 2.81. The van der Waals surface area contributed by atoms with Gasteiger partial charge in [0, 0.05) is 6.54 Å². The molecule has 0 saturated carbocycles. The second kappa shape index (κ2) is 3.29. The highest BCUT2D eigenvalue weighted by molar-refractivity contribution is 5.75. The van der Waals surface area contributed by atoms with Crippen molar-refractivity contribution in [1.82, 2.24) is 9.36 Å². The lowest BCUT2D eigenvalue weighted by Crippen LogP contribution is -2.20. The van der Waals surface area contributed by atoms with Crippen molar-refractivity contribution in [1.29, 1.82) is 0 Å². The van der Waals surface area contributed by atoms with E-state index in [0.29, 0.717) is 17.6 Å². The molecule has 1 heterocycles. The first-order valence-corrected chi connectivity index (χ1v) is 4.62. The molecule has 0 atom stereocenters. The Kier molecular flexibility index (Phi) is 2.11. The molecule has 0 aliphatic carbocycles. The van der Waals surface area contributed by atoms with Crippen molar-refractivity contribution in [3.63, 3.8) is 0 Å². The van der Waals surface area contributed by atoms with Crippen LogP contribution in [0.3, 0.4) is 0 Å². The quantitative estimate of drug-likeness (QED) is 0.717. The van der Waals surface area contributed by atoms with E-state index in [2.05, 4.69) is 0 Å². The zero-order valence-corrected chi connectivity index (χ0v) is 7.90. The average molecular weight is 194 g/mol. The molecule has 14 heavy (non-hydrogen) atoms. The van der Waals surface area contributed by atoms with E-state index in [1.165, 1.54) is 4.57 Å². The fraction of sp³-hybridized carbons (Fsp3) is 0.300. The normalized spacial score (nSPS) is 11.0. The topological polar surface area (TPSA) is 26.9 Å². The fourth-order valence-corrected chi connectivity index (χ4v) is 1.61. The Morgan fingerprint density at radius 2 is 1.93 bits per heavy atom. The van der Waals surface area contributed by atoms with Gasteiger partial charge in [0.15, 0.2) is 0 Å². The van der Waals surface area contributed by atoms with Gasteiger partial charge in [-0.2, -0.15) is 0 Å². The molecule has 0 saturated heterocycles. The minimum atomic E-state index is -0.590. The SMILES string of the molecule is CCCn1c(=O)n(F)c2ccccc21. The van der Waals surface area contributed by atoms with Gasteiger partial charge in [-0.3, -0.25) is 4.57 Å². The highest BCUT2D eigenvalue weighted by Crippen LogP contribution is 2.12. The van der Waals surface area contributed by atoms with Crippen molar-refractivity contribution in [2.75, 3.05) is 0 Å². The molecule has 0 aliphatic heterocycles. The smallest absolute Gasteiger partial charge is 0.290 e. The lowest BCUT2D eigenvalue weighted by molar-refractivity contribution is 0.360. The maximum atomic E-state index is 13.3. The van der Waals surface area contributed by atoms with Gasteiger partial charge in [-0.1, -0.05) is 23.5 Å². The molecule has 0 aliphatic rings. The number of imidazole rings is 1. The number of halogens is 1. The molecule has 1 aromatic heterocycles. The van der Waals surface area contributed by atoms with Gasteiger partial charge in [0.05, 0.1) is 5.52 Å². The molecular weight excluding hydrogens is 183 g/mol. The second-order valence-electron chi connectivity index (χ2n) is 3.20. The van der Waals surface area contributed by atoms with Gasteiger partial charge >= 0.3 is 5.69 Å². The van der Waals surface area contributed by atoms with Crippen LogP contribution in [-0.4, -0.2) is 9.36 Å². The number of hydrogen-bond donors (Lipinski definition) is 0. The highest BCUT2D eigenvalue weighted by atomic mass is 19.2. The zero-order chi connectivity index (χ0) is 10.1. The summed E-state index contributed by atoms with van der Waals surface area (Å²) in [6, 6.07) is 6.87. The number of aryl methyl sites for hydroxylation is 1. The molecule has 0 N–H and O–H groups in total. The number of aromatic nitrogens is 2. The molecule has 0 unspecified atom stereocenters. The third-order valence-electron chi connectivity index (χ3n) is 2.23. The summed E-state index contributed by atoms with van der Waals surface area (Å²) < 4.78 is 14.8. The van der Waals surface area contributed by atoms with Gasteiger partial charge in [-0.05, 0) is 18.6 Å². The number of benzene rings is 1. The van der Waals surface area contributed by atoms with E-state index in [1.54, 1.807) is 24.3 Å². The first-order chi connectivity index (χ1) is 6.75. The molecule has 4 heteroatoms.